The molecule has 124 valence electrons. The smallest absolute Gasteiger partial charge is 0.183 e. The summed E-state index contributed by atoms with van der Waals surface area (Å²) in [4.78, 5) is 6.05. The van der Waals surface area contributed by atoms with E-state index >= 15 is 0 Å². The molecule has 0 saturated carbocycles. The highest BCUT2D eigenvalue weighted by molar-refractivity contribution is 8.13. The lowest BCUT2D eigenvalue weighted by Crippen LogP contribution is -2.12. The number of nitrogens with one attached hydrogen (secondary N) is 1. The minimum absolute atomic E-state index is 0.472. The molecule has 0 saturated heterocycles. The van der Waals surface area contributed by atoms with Gasteiger partial charge in [0.15, 0.2) is 11.4 Å². The summed E-state index contributed by atoms with van der Waals surface area (Å²) in [5, 5.41) is 12.7. The molecule has 2 rings (SSSR count). The zero-order valence-electron chi connectivity index (χ0n) is 12.8. The van der Waals surface area contributed by atoms with Crippen LogP contribution in [0.3, 0.4) is 0 Å². The summed E-state index contributed by atoms with van der Waals surface area (Å²) in [6.07, 6.45) is 3.66. The minimum Gasteiger partial charge on any atom is -0.497 e. The normalized spacial score (nSPS) is 11.0. The van der Waals surface area contributed by atoms with E-state index in [0.29, 0.717) is 20.9 Å². The van der Waals surface area contributed by atoms with Crippen molar-refractivity contribution in [3.05, 3.63) is 46.4 Å². The standard InChI is InChI=1S/C16H13Cl2N3OS2/c1-22-11-3-5-12(6-4-11)24-15-13(17)7-10(8-14(15)18)21-16(23-2)20-9-19/h3-8H,1-2H3,(H,20,21). The van der Waals surface area contributed by atoms with Crippen LogP contribution in [0.4, 0.5) is 5.69 Å². The van der Waals surface area contributed by atoms with Gasteiger partial charge in [0, 0.05) is 9.79 Å². The number of benzene rings is 2. The van der Waals surface area contributed by atoms with Gasteiger partial charge >= 0.3 is 0 Å². The second kappa shape index (κ2) is 9.09. The summed E-state index contributed by atoms with van der Waals surface area (Å²) < 4.78 is 5.14. The summed E-state index contributed by atoms with van der Waals surface area (Å²) in [6.45, 7) is 0. The van der Waals surface area contributed by atoms with E-state index in [4.69, 9.17) is 33.2 Å². The summed E-state index contributed by atoms with van der Waals surface area (Å²) in [5.74, 6) is 0.788. The maximum atomic E-state index is 8.68. The first kappa shape index (κ1) is 18.8. The molecule has 0 spiro atoms. The average Bonchev–Trinajstić information content (AvgIpc) is 2.58. The fraction of sp³-hybridized carbons (Fsp3) is 0.125. The van der Waals surface area contributed by atoms with E-state index in [9.17, 15) is 0 Å². The minimum atomic E-state index is 0.472. The van der Waals surface area contributed by atoms with Crippen molar-refractivity contribution >= 4 is 57.6 Å². The van der Waals surface area contributed by atoms with Crippen LogP contribution in [-0.2, 0) is 0 Å². The van der Waals surface area contributed by atoms with Crippen LogP contribution >= 0.6 is 46.7 Å². The summed E-state index contributed by atoms with van der Waals surface area (Å²) >= 11 is 15.5. The number of thioether (sulfide) groups is 1. The number of halogens is 2. The molecule has 2 aromatic rings. The van der Waals surface area contributed by atoms with Gasteiger partial charge in [0.25, 0.3) is 0 Å². The van der Waals surface area contributed by atoms with Crippen LogP contribution < -0.4 is 10.1 Å². The molecule has 0 heterocycles. The van der Waals surface area contributed by atoms with Crippen molar-refractivity contribution in [2.24, 2.45) is 4.99 Å². The highest BCUT2D eigenvalue weighted by atomic mass is 35.5. The number of ether oxygens (including phenoxy) is 1. The van der Waals surface area contributed by atoms with Crippen molar-refractivity contribution in [1.29, 1.82) is 5.26 Å². The number of aliphatic imine (C=N–C) groups is 1. The molecule has 0 aliphatic rings. The largest absolute Gasteiger partial charge is 0.497 e. The van der Waals surface area contributed by atoms with Crippen LogP contribution in [0.25, 0.3) is 0 Å². The van der Waals surface area contributed by atoms with Gasteiger partial charge < -0.3 is 4.74 Å². The predicted octanol–water partition coefficient (Wildman–Crippen LogP) is 5.57. The van der Waals surface area contributed by atoms with Gasteiger partial charge in [-0.1, -0.05) is 46.7 Å². The van der Waals surface area contributed by atoms with E-state index < -0.39 is 0 Å². The third kappa shape index (κ3) is 4.99. The Morgan fingerprint density at radius 2 is 1.83 bits per heavy atom. The molecule has 4 nitrogen and oxygen atoms in total. The molecule has 0 bridgehead atoms. The summed E-state index contributed by atoms with van der Waals surface area (Å²) in [6, 6.07) is 11.1. The molecule has 0 aliphatic carbocycles. The van der Waals surface area contributed by atoms with Gasteiger partial charge in [-0.3, -0.25) is 5.32 Å². The molecule has 0 aliphatic heterocycles. The Balaban J connectivity index is 2.27. The SMILES string of the molecule is COc1ccc(Sc2c(Cl)cc(N=C(NC#N)SC)cc2Cl)cc1. The number of hydrogen-bond acceptors (Lipinski definition) is 5. The number of nitrogens with zero attached hydrogens (tertiary/aromatic N) is 2. The van der Waals surface area contributed by atoms with Gasteiger partial charge in [-0.15, -0.1) is 0 Å². The quantitative estimate of drug-likeness (QED) is 0.316. The van der Waals surface area contributed by atoms with E-state index in [1.807, 2.05) is 36.7 Å². The average molecular weight is 398 g/mol. The highest BCUT2D eigenvalue weighted by Crippen LogP contribution is 2.41. The molecule has 0 unspecified atom stereocenters. The Morgan fingerprint density at radius 1 is 1.21 bits per heavy atom. The number of amidine groups is 1. The van der Waals surface area contributed by atoms with Crippen molar-refractivity contribution in [1.82, 2.24) is 5.32 Å². The summed E-state index contributed by atoms with van der Waals surface area (Å²) in [7, 11) is 1.62. The number of rotatable bonds is 4. The third-order valence-corrected chi connectivity index (χ3v) is 5.40. The lowest BCUT2D eigenvalue weighted by molar-refractivity contribution is 0.414. The lowest BCUT2D eigenvalue weighted by atomic mass is 10.3. The van der Waals surface area contributed by atoms with E-state index in [1.54, 1.807) is 19.2 Å². The Bertz CT molecular complexity index is 766. The molecule has 8 heteroatoms. The van der Waals surface area contributed by atoms with Crippen molar-refractivity contribution in [3.8, 4) is 11.9 Å². The fourth-order valence-electron chi connectivity index (χ4n) is 1.76. The fourth-order valence-corrected chi connectivity index (χ4v) is 3.63. The molecule has 0 fully saturated rings. The van der Waals surface area contributed by atoms with Crippen LogP contribution in [0, 0.1) is 11.5 Å². The molecule has 2 aromatic carbocycles. The Labute approximate surface area is 159 Å². The van der Waals surface area contributed by atoms with Gasteiger partial charge in [0.05, 0.1) is 22.8 Å². The maximum absolute atomic E-state index is 8.68. The van der Waals surface area contributed by atoms with Gasteiger partial charge in [-0.25, -0.2) is 4.99 Å². The van der Waals surface area contributed by atoms with Crippen molar-refractivity contribution in [2.45, 2.75) is 9.79 Å². The zero-order valence-corrected chi connectivity index (χ0v) is 16.0. The number of hydrogen-bond donors (Lipinski definition) is 1. The number of nitriles is 1. The van der Waals surface area contributed by atoms with Gasteiger partial charge in [-0.05, 0) is 42.7 Å². The van der Waals surface area contributed by atoms with Crippen LogP contribution in [0.15, 0.2) is 51.2 Å². The lowest BCUT2D eigenvalue weighted by Gasteiger charge is -2.09. The van der Waals surface area contributed by atoms with Crippen LogP contribution in [0.5, 0.6) is 5.75 Å². The molecule has 0 amide bonds. The molecule has 24 heavy (non-hydrogen) atoms. The van der Waals surface area contributed by atoms with Crippen molar-refractivity contribution in [3.63, 3.8) is 0 Å². The second-order valence-corrected chi connectivity index (χ2v) is 7.07. The van der Waals surface area contributed by atoms with E-state index in [1.165, 1.54) is 23.5 Å². The monoisotopic (exact) mass is 397 g/mol. The van der Waals surface area contributed by atoms with E-state index in [0.717, 1.165) is 15.5 Å². The first-order chi connectivity index (χ1) is 11.6. The Hall–Kier alpha value is -1.52. The molecule has 0 radical (unpaired) electrons. The predicted molar refractivity (Wildman–Crippen MR) is 103 cm³/mol. The van der Waals surface area contributed by atoms with Gasteiger partial charge in [-0.2, -0.15) is 5.26 Å². The Kier molecular flexibility index (Phi) is 7.13. The van der Waals surface area contributed by atoms with E-state index in [-0.39, 0.29) is 0 Å². The molecular formula is C16H13Cl2N3OS2. The number of methoxy groups -OCH3 is 1. The maximum Gasteiger partial charge on any atom is 0.183 e. The molecule has 0 atom stereocenters. The first-order valence-electron chi connectivity index (χ1n) is 6.66. The van der Waals surface area contributed by atoms with Crippen molar-refractivity contribution in [2.75, 3.05) is 13.4 Å². The topological polar surface area (TPSA) is 57.4 Å². The van der Waals surface area contributed by atoms with E-state index in [2.05, 4.69) is 10.3 Å². The third-order valence-electron chi connectivity index (χ3n) is 2.85. The van der Waals surface area contributed by atoms with Crippen molar-refractivity contribution < 1.29 is 4.74 Å². The molecular weight excluding hydrogens is 385 g/mol. The highest BCUT2D eigenvalue weighted by Gasteiger charge is 2.11. The van der Waals surface area contributed by atoms with Crippen LogP contribution in [0.2, 0.25) is 10.0 Å². The van der Waals surface area contributed by atoms with Crippen LogP contribution in [-0.4, -0.2) is 18.5 Å². The summed E-state index contributed by atoms with van der Waals surface area (Å²) in [5.41, 5.74) is 0.580. The zero-order chi connectivity index (χ0) is 17.5. The second-order valence-electron chi connectivity index (χ2n) is 4.37. The van der Waals surface area contributed by atoms with Crippen LogP contribution in [0.1, 0.15) is 0 Å². The molecule has 0 aromatic heterocycles. The molecule has 1 N–H and O–H groups in total. The van der Waals surface area contributed by atoms with Gasteiger partial charge in [0.1, 0.15) is 5.75 Å². The first-order valence-corrected chi connectivity index (χ1v) is 9.46. The van der Waals surface area contributed by atoms with Gasteiger partial charge in [0.2, 0.25) is 0 Å². The Morgan fingerprint density at radius 3 is 2.33 bits per heavy atom.